The molecule has 0 radical (unpaired) electrons. The lowest BCUT2D eigenvalue weighted by Crippen LogP contribution is -2.53. The van der Waals surface area contributed by atoms with Gasteiger partial charge in [0.25, 0.3) is 0 Å². The standard InChI is InChI=1S/C16H21ClN4O2/c1-2-20(10-16(22)23)13-5-12(6-13)18-7-14-8-19-15-4-3-11(17)9-21(14)15/h3-4,8-9,12-13,18H,2,5-7,10H2,1H3,(H,22,23). The van der Waals surface area contributed by atoms with E-state index >= 15 is 0 Å². The third-order valence-corrected chi connectivity index (χ3v) is 4.72. The van der Waals surface area contributed by atoms with Crippen LogP contribution >= 0.6 is 11.6 Å². The Labute approximate surface area is 140 Å². The van der Waals surface area contributed by atoms with Gasteiger partial charge in [-0.15, -0.1) is 0 Å². The number of fused-ring (bicyclic) bond motifs is 1. The Morgan fingerprint density at radius 1 is 1.52 bits per heavy atom. The Kier molecular flexibility index (Phi) is 4.84. The number of halogens is 1. The zero-order valence-electron chi connectivity index (χ0n) is 13.1. The van der Waals surface area contributed by atoms with Gasteiger partial charge in [-0.1, -0.05) is 18.5 Å². The lowest BCUT2D eigenvalue weighted by atomic mass is 9.85. The van der Waals surface area contributed by atoms with E-state index in [2.05, 4.69) is 10.3 Å². The zero-order valence-corrected chi connectivity index (χ0v) is 13.8. The van der Waals surface area contributed by atoms with E-state index in [4.69, 9.17) is 16.7 Å². The fourth-order valence-electron chi connectivity index (χ4n) is 3.11. The summed E-state index contributed by atoms with van der Waals surface area (Å²) in [5, 5.41) is 13.1. The Morgan fingerprint density at radius 2 is 2.30 bits per heavy atom. The predicted octanol–water partition coefficient (Wildman–Crippen LogP) is 2.01. The highest BCUT2D eigenvalue weighted by Gasteiger charge is 2.33. The second-order valence-electron chi connectivity index (χ2n) is 5.98. The van der Waals surface area contributed by atoms with Gasteiger partial charge < -0.3 is 14.8 Å². The summed E-state index contributed by atoms with van der Waals surface area (Å²) >= 11 is 6.04. The number of rotatable bonds is 7. The van der Waals surface area contributed by atoms with Crippen LogP contribution in [0.4, 0.5) is 0 Å². The topological polar surface area (TPSA) is 69.9 Å². The van der Waals surface area contributed by atoms with Crippen LogP contribution in [0.5, 0.6) is 0 Å². The smallest absolute Gasteiger partial charge is 0.317 e. The first-order valence-corrected chi connectivity index (χ1v) is 8.25. The summed E-state index contributed by atoms with van der Waals surface area (Å²) in [4.78, 5) is 17.2. The molecule has 0 aromatic carbocycles. The summed E-state index contributed by atoms with van der Waals surface area (Å²) in [6.07, 6.45) is 5.70. The van der Waals surface area contributed by atoms with Crippen LogP contribution in [0, 0.1) is 0 Å². The number of nitrogens with one attached hydrogen (secondary N) is 1. The van der Waals surface area contributed by atoms with Crippen molar-refractivity contribution in [3.05, 3.63) is 35.2 Å². The maximum Gasteiger partial charge on any atom is 0.317 e. The van der Waals surface area contributed by atoms with E-state index in [-0.39, 0.29) is 6.54 Å². The lowest BCUT2D eigenvalue weighted by molar-refractivity contribution is -0.139. The molecule has 2 aromatic rings. The van der Waals surface area contributed by atoms with Crippen LogP contribution in [0.15, 0.2) is 24.5 Å². The molecule has 1 aliphatic carbocycles. The van der Waals surface area contributed by atoms with Gasteiger partial charge in [-0.2, -0.15) is 0 Å². The van der Waals surface area contributed by atoms with E-state index in [9.17, 15) is 4.79 Å². The van der Waals surface area contributed by atoms with Gasteiger partial charge in [0.1, 0.15) is 5.65 Å². The van der Waals surface area contributed by atoms with Crippen LogP contribution in [-0.2, 0) is 11.3 Å². The van der Waals surface area contributed by atoms with E-state index in [1.54, 1.807) is 0 Å². The summed E-state index contributed by atoms with van der Waals surface area (Å²) in [6, 6.07) is 4.52. The molecule has 0 saturated heterocycles. The van der Waals surface area contributed by atoms with Gasteiger partial charge in [-0.25, -0.2) is 4.98 Å². The van der Waals surface area contributed by atoms with Crippen molar-refractivity contribution in [3.8, 4) is 0 Å². The molecule has 2 N–H and O–H groups in total. The molecule has 1 saturated carbocycles. The average molecular weight is 337 g/mol. The summed E-state index contributed by atoms with van der Waals surface area (Å²) in [5.41, 5.74) is 1.96. The van der Waals surface area contributed by atoms with Crippen molar-refractivity contribution in [1.82, 2.24) is 19.6 Å². The molecule has 0 amide bonds. The van der Waals surface area contributed by atoms with Crippen molar-refractivity contribution < 1.29 is 9.90 Å². The number of nitrogens with zero attached hydrogens (tertiary/aromatic N) is 3. The van der Waals surface area contributed by atoms with Gasteiger partial charge in [0.05, 0.1) is 23.5 Å². The van der Waals surface area contributed by atoms with Crippen molar-refractivity contribution in [3.63, 3.8) is 0 Å². The molecule has 0 aliphatic heterocycles. The van der Waals surface area contributed by atoms with Gasteiger partial charge in [-0.05, 0) is 31.5 Å². The molecule has 0 atom stereocenters. The highest BCUT2D eigenvalue weighted by Crippen LogP contribution is 2.26. The number of hydrogen-bond acceptors (Lipinski definition) is 4. The number of carbonyl (C=O) groups is 1. The molecular weight excluding hydrogens is 316 g/mol. The van der Waals surface area contributed by atoms with Crippen molar-refractivity contribution in [2.24, 2.45) is 0 Å². The number of aliphatic carboxylic acids is 1. The number of hydrogen-bond donors (Lipinski definition) is 2. The fourth-order valence-corrected chi connectivity index (χ4v) is 3.27. The number of carboxylic acids is 1. The number of likely N-dealkylation sites (N-methyl/N-ethyl adjacent to an activating group) is 1. The number of imidazole rings is 1. The largest absolute Gasteiger partial charge is 0.480 e. The Balaban J connectivity index is 1.52. The first-order chi connectivity index (χ1) is 11.1. The third-order valence-electron chi connectivity index (χ3n) is 4.49. The second kappa shape index (κ2) is 6.86. The molecule has 23 heavy (non-hydrogen) atoms. The molecule has 2 aromatic heterocycles. The normalized spacial score (nSPS) is 20.8. The fraction of sp³-hybridized carbons (Fsp3) is 0.500. The first kappa shape index (κ1) is 16.2. The van der Waals surface area contributed by atoms with Crippen LogP contribution in [0.25, 0.3) is 5.65 Å². The Hall–Kier alpha value is -1.63. The molecule has 2 heterocycles. The molecular formula is C16H21ClN4O2. The summed E-state index contributed by atoms with van der Waals surface area (Å²) in [5.74, 6) is -0.758. The minimum atomic E-state index is -0.758. The van der Waals surface area contributed by atoms with Crippen LogP contribution in [-0.4, -0.2) is 50.5 Å². The monoisotopic (exact) mass is 336 g/mol. The van der Waals surface area contributed by atoms with E-state index in [1.807, 2.05) is 40.8 Å². The van der Waals surface area contributed by atoms with E-state index in [0.717, 1.165) is 37.3 Å². The quantitative estimate of drug-likeness (QED) is 0.809. The molecule has 6 nitrogen and oxygen atoms in total. The molecule has 124 valence electrons. The molecule has 0 bridgehead atoms. The molecule has 0 spiro atoms. The summed E-state index contributed by atoms with van der Waals surface area (Å²) in [6.45, 7) is 3.63. The molecule has 7 heteroatoms. The van der Waals surface area contributed by atoms with Crippen molar-refractivity contribution in [2.45, 2.75) is 38.4 Å². The highest BCUT2D eigenvalue weighted by molar-refractivity contribution is 6.30. The van der Waals surface area contributed by atoms with Gasteiger partial charge in [0, 0.05) is 24.8 Å². The Morgan fingerprint density at radius 3 is 3.00 bits per heavy atom. The molecule has 1 aliphatic rings. The van der Waals surface area contributed by atoms with Gasteiger partial charge in [0.15, 0.2) is 0 Å². The molecule has 3 rings (SSSR count). The number of aromatic nitrogens is 2. The van der Waals surface area contributed by atoms with Crippen molar-refractivity contribution >= 4 is 23.2 Å². The Bertz CT molecular complexity index is 696. The zero-order chi connectivity index (χ0) is 16.4. The maximum absolute atomic E-state index is 10.8. The summed E-state index contributed by atoms with van der Waals surface area (Å²) in [7, 11) is 0. The summed E-state index contributed by atoms with van der Waals surface area (Å²) < 4.78 is 1.99. The minimum Gasteiger partial charge on any atom is -0.480 e. The molecule has 0 unspecified atom stereocenters. The van der Waals surface area contributed by atoms with Gasteiger partial charge in [0.2, 0.25) is 0 Å². The number of pyridine rings is 1. The second-order valence-corrected chi connectivity index (χ2v) is 6.42. The van der Waals surface area contributed by atoms with E-state index < -0.39 is 5.97 Å². The highest BCUT2D eigenvalue weighted by atomic mass is 35.5. The number of carboxylic acid groups (broad SMARTS) is 1. The van der Waals surface area contributed by atoms with Gasteiger partial charge >= 0.3 is 5.97 Å². The maximum atomic E-state index is 10.8. The van der Waals surface area contributed by atoms with E-state index in [1.165, 1.54) is 0 Å². The lowest BCUT2D eigenvalue weighted by Gasteiger charge is -2.42. The van der Waals surface area contributed by atoms with E-state index in [0.29, 0.717) is 17.1 Å². The van der Waals surface area contributed by atoms with Crippen molar-refractivity contribution in [2.75, 3.05) is 13.1 Å². The van der Waals surface area contributed by atoms with Crippen molar-refractivity contribution in [1.29, 1.82) is 0 Å². The average Bonchev–Trinajstić information content (AvgIpc) is 2.86. The third kappa shape index (κ3) is 3.65. The molecule has 1 fully saturated rings. The minimum absolute atomic E-state index is 0.125. The van der Waals surface area contributed by atoms with Crippen LogP contribution in [0.3, 0.4) is 0 Å². The van der Waals surface area contributed by atoms with Gasteiger partial charge in [-0.3, -0.25) is 9.69 Å². The van der Waals surface area contributed by atoms with Crippen LogP contribution in [0.1, 0.15) is 25.5 Å². The van der Waals surface area contributed by atoms with Crippen LogP contribution in [0.2, 0.25) is 5.02 Å². The predicted molar refractivity (Wildman–Crippen MR) is 88.7 cm³/mol. The first-order valence-electron chi connectivity index (χ1n) is 7.87. The SMILES string of the molecule is CCN(CC(=O)O)C1CC(NCc2cnc3ccc(Cl)cn23)C1. The van der Waals surface area contributed by atoms with Crippen LogP contribution < -0.4 is 5.32 Å².